The van der Waals surface area contributed by atoms with Crippen LogP contribution in [-0.2, 0) is 33.3 Å². The van der Waals surface area contributed by atoms with E-state index < -0.39 is 59.8 Å². The Morgan fingerprint density at radius 1 is 1.12 bits per heavy atom. The van der Waals surface area contributed by atoms with Gasteiger partial charge in [-0.3, -0.25) is 4.79 Å². The molecule has 11 atom stereocenters. The predicted molar refractivity (Wildman–Crippen MR) is 183 cm³/mol. The fourth-order valence-electron chi connectivity index (χ4n) is 7.90. The second-order valence-electron chi connectivity index (χ2n) is 14.9. The smallest absolute Gasteiger partial charge is 0.331 e. The molecule has 2 bridgehead atoms. The van der Waals surface area contributed by atoms with Crippen molar-refractivity contribution < 1.29 is 48.6 Å². The van der Waals surface area contributed by atoms with Crippen LogP contribution < -0.4 is 0 Å². The molecule has 0 radical (unpaired) electrons. The van der Waals surface area contributed by atoms with Gasteiger partial charge in [0.15, 0.2) is 5.79 Å². The Morgan fingerprint density at radius 2 is 1.88 bits per heavy atom. The summed E-state index contributed by atoms with van der Waals surface area (Å²) in [5.41, 5.74) is 1.71. The zero-order valence-electron chi connectivity index (χ0n) is 29.9. The number of aliphatic hydroxyl groups is 3. The average molecular weight is 683 g/mol. The van der Waals surface area contributed by atoms with Crippen LogP contribution in [0.25, 0.3) is 0 Å². The third kappa shape index (κ3) is 7.90. The summed E-state index contributed by atoms with van der Waals surface area (Å²) in [6.07, 6.45) is 9.93. The zero-order valence-corrected chi connectivity index (χ0v) is 29.9. The standard InChI is InChI=1S/C39H54O10/c1-8-25(6)35-26(7)16-32(40)38(49-35)19-30-18-29(48-38)13-12-24(5)15-23(4)10-9-11-28-21-46-36-34(42)27(20-45-33(41)14-22(2)3)17-31(37(43)47-30)39(28,36)44/h8-12,14,17,23,26,29-32,34-36,40,42,44H,13,15-16,18-21H2,1-7H3/b10-9+,24-12+,25-8+,28-11+/t23-,26-,29+,30-,31-,32+,34+,35+,36+,38-,39+/m0/s1. The van der Waals surface area contributed by atoms with Gasteiger partial charge in [-0.05, 0) is 82.4 Å². The van der Waals surface area contributed by atoms with Crippen LogP contribution in [0.4, 0.5) is 0 Å². The first kappa shape index (κ1) is 37.4. The highest BCUT2D eigenvalue weighted by atomic mass is 16.7. The number of hydrogen-bond donors (Lipinski definition) is 3. The van der Waals surface area contributed by atoms with Crippen molar-refractivity contribution in [1.82, 2.24) is 0 Å². The molecule has 0 amide bonds. The van der Waals surface area contributed by atoms with E-state index >= 15 is 0 Å². The molecule has 3 N–H and O–H groups in total. The average Bonchev–Trinajstić information content (AvgIpc) is 3.37. The topological polar surface area (TPSA) is 141 Å². The number of ether oxygens (including phenoxy) is 5. The molecule has 0 aromatic carbocycles. The van der Waals surface area contributed by atoms with Gasteiger partial charge in [0, 0.05) is 18.9 Å². The first-order chi connectivity index (χ1) is 23.2. The first-order valence-electron chi connectivity index (χ1n) is 17.6. The highest BCUT2D eigenvalue weighted by Gasteiger charge is 2.61. The number of carbonyl (C=O) groups is 2. The molecule has 0 aromatic rings. The summed E-state index contributed by atoms with van der Waals surface area (Å²) in [4.78, 5) is 26.7. The number of aliphatic hydroxyl groups excluding tert-OH is 2. The van der Waals surface area contributed by atoms with E-state index in [1.54, 1.807) is 19.9 Å². The normalized spacial score (nSPS) is 42.8. The van der Waals surface area contributed by atoms with Gasteiger partial charge >= 0.3 is 11.9 Å². The molecule has 4 heterocycles. The number of esters is 2. The van der Waals surface area contributed by atoms with Gasteiger partial charge in [-0.15, -0.1) is 0 Å². The van der Waals surface area contributed by atoms with E-state index in [-0.39, 0.29) is 43.1 Å². The molecule has 0 aromatic heterocycles. The Kier molecular flexibility index (Phi) is 11.6. The van der Waals surface area contributed by atoms with Crippen LogP contribution in [0.15, 0.2) is 70.4 Å². The quantitative estimate of drug-likeness (QED) is 0.212. The van der Waals surface area contributed by atoms with Gasteiger partial charge in [0.2, 0.25) is 0 Å². The number of hydrogen-bond acceptors (Lipinski definition) is 10. The van der Waals surface area contributed by atoms with Gasteiger partial charge in [-0.1, -0.05) is 61.4 Å². The summed E-state index contributed by atoms with van der Waals surface area (Å²) >= 11 is 0. The Bertz CT molecular complexity index is 1450. The van der Waals surface area contributed by atoms with Crippen molar-refractivity contribution in [3.8, 4) is 0 Å². The third-order valence-corrected chi connectivity index (χ3v) is 10.6. The fraction of sp³-hybridized carbons (Fsp3) is 0.641. The van der Waals surface area contributed by atoms with E-state index in [4.69, 9.17) is 23.7 Å². The van der Waals surface area contributed by atoms with Crippen LogP contribution in [0.2, 0.25) is 0 Å². The van der Waals surface area contributed by atoms with Crippen LogP contribution >= 0.6 is 0 Å². The van der Waals surface area contributed by atoms with E-state index in [0.717, 1.165) is 17.6 Å². The maximum atomic E-state index is 14.3. The second-order valence-corrected chi connectivity index (χ2v) is 14.9. The van der Waals surface area contributed by atoms with Gasteiger partial charge in [-0.2, -0.15) is 0 Å². The molecule has 270 valence electrons. The van der Waals surface area contributed by atoms with Crippen molar-refractivity contribution in [2.24, 2.45) is 17.8 Å². The number of allylic oxidation sites excluding steroid dienone is 6. The van der Waals surface area contributed by atoms with Crippen LogP contribution in [0.3, 0.4) is 0 Å². The minimum Gasteiger partial charge on any atom is -0.462 e. The SMILES string of the molecule is C/C=C(\C)[C@H]1O[C@@]2(C[C@@H]3C[C@@H](C/C=C(\C)C[C@@H](C)/C=C/C=C4\CO[C@@H]5[C@H](O)C(COC(=O)C=C(C)C)=C[C@@H](C(=O)O3)[C@]45O)O2)[C@H](O)C[C@@H]1C. The minimum atomic E-state index is -1.92. The monoisotopic (exact) mass is 682 g/mol. The maximum Gasteiger partial charge on any atom is 0.331 e. The highest BCUT2D eigenvalue weighted by Crippen LogP contribution is 2.48. The Balaban J connectivity index is 1.54. The maximum absolute atomic E-state index is 14.3. The first-order valence-corrected chi connectivity index (χ1v) is 17.6. The predicted octanol–water partition coefficient (Wildman–Crippen LogP) is 4.94. The molecule has 0 saturated carbocycles. The van der Waals surface area contributed by atoms with Crippen molar-refractivity contribution in [2.75, 3.05) is 13.2 Å². The van der Waals surface area contributed by atoms with E-state index in [0.29, 0.717) is 24.8 Å². The van der Waals surface area contributed by atoms with Crippen LogP contribution in [-0.4, -0.2) is 88.5 Å². The van der Waals surface area contributed by atoms with Crippen molar-refractivity contribution >= 4 is 11.9 Å². The van der Waals surface area contributed by atoms with Gasteiger partial charge < -0.3 is 39.0 Å². The largest absolute Gasteiger partial charge is 0.462 e. The molecule has 10 heteroatoms. The summed E-state index contributed by atoms with van der Waals surface area (Å²) in [7, 11) is 0. The fourth-order valence-corrected chi connectivity index (χ4v) is 7.90. The lowest BCUT2D eigenvalue weighted by atomic mass is 9.70. The number of carbonyl (C=O) groups excluding carboxylic acids is 2. The molecule has 1 spiro atoms. The van der Waals surface area contributed by atoms with Crippen molar-refractivity contribution in [3.05, 3.63) is 70.4 Å². The van der Waals surface area contributed by atoms with Gasteiger partial charge in [0.25, 0.3) is 0 Å². The molecule has 3 saturated heterocycles. The molecule has 5 aliphatic rings. The number of fused-ring (bicyclic) bond motifs is 2. The van der Waals surface area contributed by atoms with E-state index in [2.05, 4.69) is 19.9 Å². The third-order valence-electron chi connectivity index (χ3n) is 10.6. The summed E-state index contributed by atoms with van der Waals surface area (Å²) in [5.74, 6) is -3.76. The van der Waals surface area contributed by atoms with Crippen LogP contribution in [0, 0.1) is 17.8 Å². The van der Waals surface area contributed by atoms with Crippen molar-refractivity contribution in [2.45, 2.75) is 129 Å². The Morgan fingerprint density at radius 3 is 2.59 bits per heavy atom. The Labute approximate surface area is 290 Å². The van der Waals surface area contributed by atoms with Gasteiger partial charge in [0.1, 0.15) is 42.5 Å². The van der Waals surface area contributed by atoms with Crippen molar-refractivity contribution in [3.63, 3.8) is 0 Å². The van der Waals surface area contributed by atoms with Crippen LogP contribution in [0.1, 0.15) is 80.6 Å². The summed E-state index contributed by atoms with van der Waals surface area (Å²) in [6, 6.07) is 0. The highest BCUT2D eigenvalue weighted by molar-refractivity contribution is 5.83. The summed E-state index contributed by atoms with van der Waals surface area (Å²) in [5, 5.41) is 35.3. The molecule has 10 nitrogen and oxygen atoms in total. The molecule has 49 heavy (non-hydrogen) atoms. The second kappa shape index (κ2) is 15.2. The molecule has 5 rings (SSSR count). The lowest BCUT2D eigenvalue weighted by Gasteiger charge is -2.52. The van der Waals surface area contributed by atoms with Gasteiger partial charge in [-0.25, -0.2) is 4.79 Å². The molecular weight excluding hydrogens is 628 g/mol. The van der Waals surface area contributed by atoms with Crippen molar-refractivity contribution in [1.29, 1.82) is 0 Å². The molecule has 3 fully saturated rings. The number of rotatable bonds is 4. The molecule has 4 aliphatic heterocycles. The zero-order chi connectivity index (χ0) is 35.7. The summed E-state index contributed by atoms with van der Waals surface area (Å²) < 4.78 is 30.9. The lowest BCUT2D eigenvalue weighted by Crippen LogP contribution is -2.62. The minimum absolute atomic E-state index is 0.00924. The van der Waals surface area contributed by atoms with Crippen LogP contribution in [0.5, 0.6) is 0 Å². The summed E-state index contributed by atoms with van der Waals surface area (Å²) in [6.45, 7) is 13.4. The van der Waals surface area contributed by atoms with Gasteiger partial charge in [0.05, 0.1) is 18.8 Å². The van der Waals surface area contributed by atoms with E-state index in [9.17, 15) is 24.9 Å². The van der Waals surface area contributed by atoms with E-state index in [1.807, 2.05) is 39.0 Å². The molecule has 0 unspecified atom stereocenters. The molecular formula is C39H54O10. The van der Waals surface area contributed by atoms with E-state index in [1.165, 1.54) is 17.7 Å². The lowest BCUT2D eigenvalue weighted by molar-refractivity contribution is -0.363. The Hall–Kier alpha value is -2.86. The molecule has 1 aliphatic carbocycles.